The van der Waals surface area contributed by atoms with Crippen LogP contribution in [0.1, 0.15) is 8.22 Å². The van der Waals surface area contributed by atoms with Crippen LogP contribution in [0, 0.1) is 0 Å². The van der Waals surface area contributed by atoms with E-state index in [1.807, 2.05) is 140 Å². The quantitative estimate of drug-likeness (QED) is 0.160. The predicted molar refractivity (Wildman–Crippen MR) is 291 cm³/mol. The van der Waals surface area contributed by atoms with Crippen LogP contribution < -0.4 is 0 Å². The van der Waals surface area contributed by atoms with E-state index in [2.05, 4.69) is 48.5 Å². The van der Waals surface area contributed by atoms with Crippen LogP contribution in [0.15, 0.2) is 229 Å². The molecular formula is C63H37N3OS2. The second-order valence-corrected chi connectivity index (χ2v) is 19.1. The zero-order chi connectivity index (χ0) is 50.6. The fraction of sp³-hybridized carbons (Fsp3) is 0. The highest BCUT2D eigenvalue weighted by molar-refractivity contribution is 7.26. The summed E-state index contributed by atoms with van der Waals surface area (Å²) in [5, 5.41) is 4.46. The Bertz CT molecular complexity index is 4650. The number of para-hydroxylation sites is 2. The Kier molecular flexibility index (Phi) is 7.88. The highest BCUT2D eigenvalue weighted by Crippen LogP contribution is 2.44. The number of aromatic nitrogens is 3. The van der Waals surface area contributed by atoms with Crippen molar-refractivity contribution in [3.8, 4) is 78.7 Å². The van der Waals surface area contributed by atoms with Crippen LogP contribution in [-0.4, -0.2) is 15.0 Å². The molecular weight excluding hydrogens is 879 g/mol. The van der Waals surface area contributed by atoms with Crippen molar-refractivity contribution in [1.82, 2.24) is 15.0 Å². The van der Waals surface area contributed by atoms with Gasteiger partial charge in [0.1, 0.15) is 11.2 Å². The third-order valence-corrected chi connectivity index (χ3v) is 15.0. The first-order valence-electron chi connectivity index (χ1n) is 25.6. The minimum atomic E-state index is -0.284. The zero-order valence-electron chi connectivity index (χ0n) is 42.5. The molecule has 0 amide bonds. The van der Waals surface area contributed by atoms with E-state index >= 15 is 0 Å². The van der Waals surface area contributed by atoms with Crippen LogP contribution in [-0.2, 0) is 0 Å². The van der Waals surface area contributed by atoms with Crippen molar-refractivity contribution in [3.63, 3.8) is 0 Å². The highest BCUT2D eigenvalue weighted by atomic mass is 32.1. The number of fused-ring (bicyclic) bond motifs is 9. The van der Waals surface area contributed by atoms with Crippen molar-refractivity contribution in [2.24, 2.45) is 0 Å². The lowest BCUT2D eigenvalue weighted by Gasteiger charge is -2.10. The summed E-state index contributed by atoms with van der Waals surface area (Å²) in [7, 11) is 0. The highest BCUT2D eigenvalue weighted by Gasteiger charge is 2.19. The van der Waals surface area contributed by atoms with Gasteiger partial charge in [0.25, 0.3) is 0 Å². The minimum Gasteiger partial charge on any atom is -0.455 e. The van der Waals surface area contributed by atoms with Crippen LogP contribution in [0.3, 0.4) is 0 Å². The third kappa shape index (κ3) is 6.75. The topological polar surface area (TPSA) is 51.8 Å². The van der Waals surface area contributed by atoms with E-state index in [9.17, 15) is 8.22 Å². The average molecular weight is 922 g/mol. The van der Waals surface area contributed by atoms with Crippen molar-refractivity contribution in [3.05, 3.63) is 224 Å². The Morgan fingerprint density at radius 1 is 0.304 bits per heavy atom. The summed E-state index contributed by atoms with van der Waals surface area (Å²) in [5.74, 6) is 0.679. The second kappa shape index (κ2) is 16.1. The molecule has 6 heteroatoms. The number of nitrogens with zero attached hydrogens (tertiary/aromatic N) is 3. The summed E-state index contributed by atoms with van der Waals surface area (Å²) in [4.78, 5) is 15.0. The van der Waals surface area contributed by atoms with Gasteiger partial charge in [0, 0.05) is 78.9 Å². The molecule has 0 radical (unpaired) electrons. The van der Waals surface area contributed by atoms with Crippen molar-refractivity contribution >= 4 is 85.0 Å². The van der Waals surface area contributed by atoms with Crippen molar-refractivity contribution in [2.45, 2.75) is 0 Å². The molecule has 10 aromatic carbocycles. The minimum absolute atomic E-state index is 0.0132. The molecule has 0 atom stereocenters. The average Bonchev–Trinajstić information content (AvgIpc) is 4.24. The van der Waals surface area contributed by atoms with Gasteiger partial charge in [-0.1, -0.05) is 194 Å². The summed E-state index contributed by atoms with van der Waals surface area (Å²) < 4.78 is 67.1. The molecule has 14 rings (SSSR count). The van der Waals surface area contributed by atoms with E-state index < -0.39 is 0 Å². The van der Waals surface area contributed by atoms with Crippen molar-refractivity contribution in [1.29, 1.82) is 0 Å². The van der Waals surface area contributed by atoms with Gasteiger partial charge >= 0.3 is 0 Å². The summed E-state index contributed by atoms with van der Waals surface area (Å²) in [6.45, 7) is 0. The number of thiophene rings is 2. The Labute approximate surface area is 413 Å². The van der Waals surface area contributed by atoms with Gasteiger partial charge in [-0.15, -0.1) is 22.7 Å². The second-order valence-electron chi connectivity index (χ2n) is 16.9. The Morgan fingerprint density at radius 2 is 0.797 bits per heavy atom. The van der Waals surface area contributed by atoms with Crippen LogP contribution in [0.25, 0.3) is 141 Å². The number of hydrogen-bond donors (Lipinski definition) is 0. The van der Waals surface area contributed by atoms with E-state index in [0.717, 1.165) is 86.8 Å². The standard InChI is InChI=1S/C63H37N3OS2/c1-3-12-38(13-4-1)39-24-28-42(29-25-39)61-64-62(43-30-26-41(27-31-43)48-19-10-21-51-50-20-9-18-47(59(50)67-60(48)51)40-14-5-2-6-15-40)66-63(65-61)45-32-34-49-53-36-44(33-35-55(53)69-57(49)37-45)46-17-11-23-56-58(46)52-16-7-8-22-54(52)68-56/h1-37H/i32D,33D,34D,35D,36D,37D. The normalized spacial score (nSPS) is 13.0. The molecule has 0 aliphatic heterocycles. The lowest BCUT2D eigenvalue weighted by molar-refractivity contribution is 0.671. The number of benzene rings is 10. The van der Waals surface area contributed by atoms with Crippen LogP contribution in [0.5, 0.6) is 0 Å². The summed E-state index contributed by atoms with van der Waals surface area (Å²) in [6.07, 6.45) is 0. The smallest absolute Gasteiger partial charge is 0.164 e. The fourth-order valence-corrected chi connectivity index (χ4v) is 11.6. The molecule has 0 unspecified atom stereocenters. The maximum absolute atomic E-state index is 9.83. The molecule has 69 heavy (non-hydrogen) atoms. The first-order valence-corrected chi connectivity index (χ1v) is 24.2. The lowest BCUT2D eigenvalue weighted by atomic mass is 9.98. The SMILES string of the molecule is [2H]c1c(-c2cccc3sc4ccccc4c23)c([2H])c2c(sc3c([2H])c(-c4nc(-c5ccc(-c6ccccc6)cc5)nc(-c5ccc(-c6cccc7c6oc6c(-c8ccccc8)cccc67)cc5)n4)c([2H])c([2H])c32)c1[2H]. The summed E-state index contributed by atoms with van der Waals surface area (Å²) in [5.41, 5.74) is 9.95. The molecule has 0 bridgehead atoms. The fourth-order valence-electron chi connectivity index (χ4n) is 9.50. The van der Waals surface area contributed by atoms with Gasteiger partial charge in [0.15, 0.2) is 17.5 Å². The van der Waals surface area contributed by atoms with E-state index in [4.69, 9.17) is 19.4 Å². The van der Waals surface area contributed by atoms with E-state index in [-0.39, 0.29) is 64.0 Å². The van der Waals surface area contributed by atoms with Crippen LogP contribution in [0.2, 0.25) is 0 Å². The molecule has 14 aromatic rings. The summed E-state index contributed by atoms with van der Waals surface area (Å²) in [6, 6.07) is 61.6. The lowest BCUT2D eigenvalue weighted by Crippen LogP contribution is -2.00. The maximum atomic E-state index is 9.83. The Morgan fingerprint density at radius 3 is 1.49 bits per heavy atom. The molecule has 4 nitrogen and oxygen atoms in total. The Balaban J connectivity index is 0.925. The molecule has 0 saturated carbocycles. The largest absolute Gasteiger partial charge is 0.455 e. The van der Waals surface area contributed by atoms with Gasteiger partial charge in [0.05, 0.1) is 8.22 Å². The van der Waals surface area contributed by atoms with E-state index in [0.29, 0.717) is 37.7 Å². The summed E-state index contributed by atoms with van der Waals surface area (Å²) >= 11 is 2.73. The van der Waals surface area contributed by atoms with Gasteiger partial charge < -0.3 is 4.42 Å². The third-order valence-electron chi connectivity index (χ3n) is 12.9. The van der Waals surface area contributed by atoms with Gasteiger partial charge in [-0.2, -0.15) is 0 Å². The van der Waals surface area contributed by atoms with Crippen LogP contribution >= 0.6 is 22.7 Å². The molecule has 322 valence electrons. The van der Waals surface area contributed by atoms with Gasteiger partial charge in [-0.25, -0.2) is 15.0 Å². The molecule has 4 aromatic heterocycles. The predicted octanol–water partition coefficient (Wildman–Crippen LogP) is 18.2. The maximum Gasteiger partial charge on any atom is 0.164 e. The molecule has 0 N–H and O–H groups in total. The van der Waals surface area contributed by atoms with Crippen molar-refractivity contribution < 1.29 is 12.6 Å². The van der Waals surface area contributed by atoms with Gasteiger partial charge in [0.2, 0.25) is 0 Å². The van der Waals surface area contributed by atoms with E-state index in [1.165, 1.54) is 0 Å². The molecule has 0 spiro atoms. The van der Waals surface area contributed by atoms with Crippen molar-refractivity contribution in [2.75, 3.05) is 0 Å². The molecule has 4 heterocycles. The monoisotopic (exact) mass is 921 g/mol. The first-order chi connectivity index (χ1) is 36.7. The zero-order valence-corrected chi connectivity index (χ0v) is 38.1. The molecule has 0 fully saturated rings. The number of furan rings is 1. The van der Waals surface area contributed by atoms with Crippen LogP contribution in [0.4, 0.5) is 0 Å². The van der Waals surface area contributed by atoms with Gasteiger partial charge in [-0.3, -0.25) is 0 Å². The molecule has 0 aliphatic carbocycles. The van der Waals surface area contributed by atoms with Gasteiger partial charge in [-0.05, 0) is 63.6 Å². The Hall–Kier alpha value is -8.55. The number of hydrogen-bond acceptors (Lipinski definition) is 6. The van der Waals surface area contributed by atoms with E-state index in [1.54, 1.807) is 11.3 Å². The molecule has 0 aliphatic rings. The first kappa shape index (κ1) is 33.8. The molecule has 0 saturated heterocycles. The number of rotatable bonds is 7.